The van der Waals surface area contributed by atoms with Crippen LogP contribution in [0.25, 0.3) is 10.9 Å². The van der Waals surface area contributed by atoms with Gasteiger partial charge in [0.05, 0.1) is 24.2 Å². The lowest BCUT2D eigenvalue weighted by Gasteiger charge is -2.23. The Bertz CT molecular complexity index is 1350. The molecular weight excluding hydrogens is 524 g/mol. The molecule has 0 aliphatic heterocycles. The van der Waals surface area contributed by atoms with Crippen LogP contribution >= 0.6 is 15.9 Å². The largest absolute Gasteiger partial charge is 0.478 e. The van der Waals surface area contributed by atoms with Gasteiger partial charge in [0.15, 0.2) is 6.10 Å². The predicted octanol–water partition coefficient (Wildman–Crippen LogP) is 5.10. The van der Waals surface area contributed by atoms with Gasteiger partial charge < -0.3 is 14.4 Å². The van der Waals surface area contributed by atoms with Crippen LogP contribution in [-0.2, 0) is 9.53 Å². The fraction of sp³-hybridized carbons (Fsp3) is 0.407. The fourth-order valence-electron chi connectivity index (χ4n) is 4.44. The number of fused-ring (bicyclic) bond motifs is 1. The van der Waals surface area contributed by atoms with Crippen molar-refractivity contribution >= 4 is 44.7 Å². The van der Waals surface area contributed by atoms with E-state index in [1.807, 2.05) is 49.3 Å². The molecule has 1 atom stereocenters. The van der Waals surface area contributed by atoms with E-state index in [-0.39, 0.29) is 11.5 Å². The Morgan fingerprint density at radius 2 is 1.94 bits per heavy atom. The lowest BCUT2D eigenvalue weighted by atomic mass is 9.88. The minimum Gasteiger partial charge on any atom is -0.478 e. The van der Waals surface area contributed by atoms with Crippen LogP contribution in [0.2, 0.25) is 0 Å². The maximum absolute atomic E-state index is 13.6. The second-order valence-corrected chi connectivity index (χ2v) is 10.1. The molecule has 36 heavy (non-hydrogen) atoms. The monoisotopic (exact) mass is 554 g/mol. The highest BCUT2D eigenvalue weighted by Gasteiger charge is 2.23. The van der Waals surface area contributed by atoms with Crippen molar-refractivity contribution in [2.45, 2.75) is 51.0 Å². The lowest BCUT2D eigenvalue weighted by Crippen LogP contribution is -2.26. The third-order valence-electron chi connectivity index (χ3n) is 6.47. The summed E-state index contributed by atoms with van der Waals surface area (Å²) >= 11 is 3.46. The van der Waals surface area contributed by atoms with Crippen molar-refractivity contribution in [1.29, 1.82) is 0 Å². The summed E-state index contributed by atoms with van der Waals surface area (Å²) in [5.74, 6) is 0.837. The molecule has 1 aliphatic carbocycles. The Morgan fingerprint density at radius 3 is 2.64 bits per heavy atom. The zero-order chi connectivity index (χ0) is 25.8. The molecule has 0 unspecified atom stereocenters. The number of ether oxygens (including phenoxy) is 2. The Balaban J connectivity index is 1.81. The summed E-state index contributed by atoms with van der Waals surface area (Å²) in [5, 5.41) is 5.13. The van der Waals surface area contributed by atoms with Gasteiger partial charge in [-0.05, 0) is 50.1 Å². The van der Waals surface area contributed by atoms with Gasteiger partial charge in [0.1, 0.15) is 11.6 Å². The van der Waals surface area contributed by atoms with E-state index in [2.05, 4.69) is 21.0 Å². The number of aromatic nitrogens is 2. The SMILES string of the molecule is COC(=O)[C@@H](C)Oc1cc(N(C)C)ccc1C=Nn1c(C2CCCCC2)nc2ccc(Br)cc2c1=O. The summed E-state index contributed by atoms with van der Waals surface area (Å²) < 4.78 is 13.0. The fourth-order valence-corrected chi connectivity index (χ4v) is 4.80. The van der Waals surface area contributed by atoms with Crippen LogP contribution in [0.5, 0.6) is 5.75 Å². The summed E-state index contributed by atoms with van der Waals surface area (Å²) in [6.07, 6.45) is 6.16. The molecule has 1 saturated carbocycles. The van der Waals surface area contributed by atoms with Crippen LogP contribution in [-0.4, -0.2) is 49.2 Å². The van der Waals surface area contributed by atoms with Crippen molar-refractivity contribution in [2.24, 2.45) is 5.10 Å². The highest BCUT2D eigenvalue weighted by Crippen LogP contribution is 2.32. The second-order valence-electron chi connectivity index (χ2n) is 9.23. The van der Waals surface area contributed by atoms with Gasteiger partial charge in [0.25, 0.3) is 5.56 Å². The first-order valence-corrected chi connectivity index (χ1v) is 12.9. The van der Waals surface area contributed by atoms with E-state index >= 15 is 0 Å². The molecule has 0 amide bonds. The van der Waals surface area contributed by atoms with Gasteiger partial charge in [0.2, 0.25) is 0 Å². The van der Waals surface area contributed by atoms with E-state index in [0.29, 0.717) is 28.0 Å². The van der Waals surface area contributed by atoms with Gasteiger partial charge in [-0.25, -0.2) is 9.78 Å². The average molecular weight is 555 g/mol. The third kappa shape index (κ3) is 5.61. The number of hydrogen-bond donors (Lipinski definition) is 0. The van der Waals surface area contributed by atoms with Crippen LogP contribution < -0.4 is 15.2 Å². The van der Waals surface area contributed by atoms with Gasteiger partial charge in [-0.3, -0.25) is 4.79 Å². The summed E-state index contributed by atoms with van der Waals surface area (Å²) in [7, 11) is 5.17. The molecule has 1 aliphatic rings. The molecule has 0 bridgehead atoms. The van der Waals surface area contributed by atoms with Crippen molar-refractivity contribution in [3.8, 4) is 5.75 Å². The van der Waals surface area contributed by atoms with Gasteiger partial charge in [-0.1, -0.05) is 35.2 Å². The Labute approximate surface area is 219 Å². The molecule has 0 saturated heterocycles. The molecule has 0 N–H and O–H groups in total. The van der Waals surface area contributed by atoms with E-state index in [1.54, 1.807) is 19.2 Å². The number of halogens is 1. The van der Waals surface area contributed by atoms with Crippen LogP contribution in [0, 0.1) is 0 Å². The topological polar surface area (TPSA) is 86.0 Å². The maximum atomic E-state index is 13.6. The van der Waals surface area contributed by atoms with Crippen LogP contribution in [0.4, 0.5) is 5.69 Å². The zero-order valence-corrected chi connectivity index (χ0v) is 22.6. The van der Waals surface area contributed by atoms with Crippen molar-refractivity contribution in [1.82, 2.24) is 9.66 Å². The Morgan fingerprint density at radius 1 is 1.19 bits per heavy atom. The molecule has 1 aromatic heterocycles. The van der Waals surface area contributed by atoms with Crippen molar-refractivity contribution < 1.29 is 14.3 Å². The smallest absolute Gasteiger partial charge is 0.346 e. The quantitative estimate of drug-likeness (QED) is 0.298. The highest BCUT2D eigenvalue weighted by atomic mass is 79.9. The lowest BCUT2D eigenvalue weighted by molar-refractivity contribution is -0.147. The molecule has 3 aromatic rings. The van der Waals surface area contributed by atoms with Gasteiger partial charge >= 0.3 is 5.97 Å². The molecule has 0 spiro atoms. The number of carbonyl (C=O) groups excluding carboxylic acids is 1. The number of esters is 1. The first-order valence-electron chi connectivity index (χ1n) is 12.1. The molecule has 0 radical (unpaired) electrons. The number of benzene rings is 2. The molecule has 1 heterocycles. The van der Waals surface area contributed by atoms with Crippen LogP contribution in [0.1, 0.15) is 56.3 Å². The predicted molar refractivity (Wildman–Crippen MR) is 145 cm³/mol. The summed E-state index contributed by atoms with van der Waals surface area (Å²) in [6, 6.07) is 11.2. The number of nitrogens with zero attached hydrogens (tertiary/aromatic N) is 4. The number of carbonyl (C=O) groups is 1. The van der Waals surface area contributed by atoms with E-state index in [4.69, 9.17) is 14.5 Å². The van der Waals surface area contributed by atoms with Crippen molar-refractivity contribution in [3.63, 3.8) is 0 Å². The van der Waals surface area contributed by atoms with E-state index in [1.165, 1.54) is 18.2 Å². The van der Waals surface area contributed by atoms with Crippen LogP contribution in [0.3, 0.4) is 0 Å². The normalized spacial score (nSPS) is 15.2. The van der Waals surface area contributed by atoms with E-state index < -0.39 is 12.1 Å². The standard InChI is InChI=1S/C27H31BrN4O4/c1-17(27(34)35-4)36-24-15-21(31(2)3)12-10-19(24)16-29-32-25(18-8-6-5-7-9-18)30-23-13-11-20(28)14-22(23)26(32)33/h10-18H,5-9H2,1-4H3/t17-/m1/s1. The van der Waals surface area contributed by atoms with Crippen LogP contribution in [0.15, 0.2) is 50.8 Å². The number of anilines is 1. The number of hydrogen-bond acceptors (Lipinski definition) is 7. The molecule has 9 heteroatoms. The summed E-state index contributed by atoms with van der Waals surface area (Å²) in [6.45, 7) is 1.63. The molecule has 2 aromatic carbocycles. The maximum Gasteiger partial charge on any atom is 0.346 e. The van der Waals surface area contributed by atoms with Gasteiger partial charge in [0, 0.05) is 41.8 Å². The number of methoxy groups -OCH3 is 1. The molecule has 1 fully saturated rings. The average Bonchev–Trinajstić information content (AvgIpc) is 2.88. The van der Waals surface area contributed by atoms with E-state index in [9.17, 15) is 9.59 Å². The second kappa shape index (κ2) is 11.2. The van der Waals surface area contributed by atoms with Gasteiger partial charge in [-0.15, -0.1) is 0 Å². The summed E-state index contributed by atoms with van der Waals surface area (Å²) in [5.41, 5.74) is 1.98. The van der Waals surface area contributed by atoms with Crippen molar-refractivity contribution in [3.05, 3.63) is 62.6 Å². The first kappa shape index (κ1) is 25.9. The minimum atomic E-state index is -0.806. The minimum absolute atomic E-state index is 0.169. The van der Waals surface area contributed by atoms with Gasteiger partial charge in [-0.2, -0.15) is 9.78 Å². The Kier molecular flexibility index (Phi) is 8.08. The highest BCUT2D eigenvalue weighted by molar-refractivity contribution is 9.10. The van der Waals surface area contributed by atoms with Crippen molar-refractivity contribution in [2.75, 3.05) is 26.1 Å². The molecular formula is C27H31BrN4O4. The molecule has 190 valence electrons. The summed E-state index contributed by atoms with van der Waals surface area (Å²) in [4.78, 5) is 32.4. The molecule has 4 rings (SSSR count). The zero-order valence-electron chi connectivity index (χ0n) is 21.0. The molecule has 8 nitrogen and oxygen atoms in total. The van der Waals surface area contributed by atoms with E-state index in [0.717, 1.165) is 35.8 Å². The number of rotatable bonds is 7. The third-order valence-corrected chi connectivity index (χ3v) is 6.96. The Hall–Kier alpha value is -3.20. The first-order chi connectivity index (χ1) is 17.3.